The molecule has 0 aliphatic carbocycles. The van der Waals surface area contributed by atoms with Crippen LogP contribution in [0, 0.1) is 5.82 Å². The zero-order valence-electron chi connectivity index (χ0n) is 26.6. The SMILES string of the molecule is CC(c1nc(Nc2ccc(-c3cnc4cc(F)ccn34)c3c2C(=O)N(C(=O)OC(C)(C)C)C3)ccc1C1CCOCC1)N(C)C. The fraction of sp³-hybridized carbons (Fsp3) is 0.412. The Labute approximate surface area is 262 Å². The van der Waals surface area contributed by atoms with E-state index in [1.54, 1.807) is 37.6 Å². The normalized spacial score (nSPS) is 16.4. The molecule has 1 unspecified atom stereocenters. The zero-order valence-corrected chi connectivity index (χ0v) is 26.6. The second-order valence-electron chi connectivity index (χ2n) is 12.9. The number of benzene rings is 1. The van der Waals surface area contributed by atoms with Crippen LogP contribution in [0.4, 0.5) is 20.7 Å². The fourth-order valence-corrected chi connectivity index (χ4v) is 6.01. The number of aromatic nitrogens is 3. The van der Waals surface area contributed by atoms with E-state index in [0.29, 0.717) is 45.5 Å². The Morgan fingerprint density at radius 1 is 1.16 bits per heavy atom. The molecule has 11 heteroatoms. The lowest BCUT2D eigenvalue weighted by molar-refractivity contribution is 0.0248. The van der Waals surface area contributed by atoms with Crippen molar-refractivity contribution in [3.63, 3.8) is 0 Å². The highest BCUT2D eigenvalue weighted by Crippen LogP contribution is 2.40. The number of amides is 2. The van der Waals surface area contributed by atoms with E-state index in [2.05, 4.69) is 28.2 Å². The van der Waals surface area contributed by atoms with Crippen molar-refractivity contribution in [3.05, 3.63) is 77.0 Å². The van der Waals surface area contributed by atoms with Gasteiger partial charge in [-0.2, -0.15) is 0 Å². The standard InChI is InChI=1S/C34H39FN6O4/c1-20(39(5)6)31-23(21-12-15-44-16-13-21)8-10-28(38-31)37-26-9-7-24(27-18-36-29-17-22(35)11-14-40(27)29)25-19-41(32(42)30(25)26)33(43)45-34(2,3)4/h7-11,14,17-18,20-21H,12-13,15-16,19H2,1-6H3,(H,37,38). The average Bonchev–Trinajstić information content (AvgIpc) is 3.57. The molecule has 6 rings (SSSR count). The first-order valence-electron chi connectivity index (χ1n) is 15.3. The Hall–Kier alpha value is -4.35. The molecule has 1 aromatic carbocycles. The maximum atomic E-state index is 14.0. The van der Waals surface area contributed by atoms with Crippen LogP contribution >= 0.6 is 0 Å². The summed E-state index contributed by atoms with van der Waals surface area (Å²) in [5.41, 5.74) is 4.75. The highest BCUT2D eigenvalue weighted by atomic mass is 19.1. The van der Waals surface area contributed by atoms with Gasteiger partial charge < -0.3 is 19.7 Å². The lowest BCUT2D eigenvalue weighted by Gasteiger charge is -2.28. The summed E-state index contributed by atoms with van der Waals surface area (Å²) in [6, 6.07) is 10.5. The number of hydrogen-bond acceptors (Lipinski definition) is 8. The fourth-order valence-electron chi connectivity index (χ4n) is 6.01. The van der Waals surface area contributed by atoms with Gasteiger partial charge in [-0.05, 0) is 89.9 Å². The summed E-state index contributed by atoms with van der Waals surface area (Å²) in [5.74, 6) is 0.0978. The molecule has 4 aromatic rings. The molecule has 1 N–H and O–H groups in total. The minimum absolute atomic E-state index is 0.0153. The number of carbonyl (C=O) groups excluding carboxylic acids is 2. The number of anilines is 2. The van der Waals surface area contributed by atoms with E-state index in [0.717, 1.165) is 36.6 Å². The van der Waals surface area contributed by atoms with Gasteiger partial charge in [0.05, 0.1) is 35.4 Å². The molecule has 2 aliphatic heterocycles. The second kappa shape index (κ2) is 11.9. The Bertz CT molecular complexity index is 1770. The first-order chi connectivity index (χ1) is 21.4. The highest BCUT2D eigenvalue weighted by Gasteiger charge is 2.39. The molecular formula is C34H39FN6O4. The molecule has 0 radical (unpaired) electrons. The number of nitrogens with one attached hydrogen (secondary N) is 1. The van der Waals surface area contributed by atoms with Crippen LogP contribution < -0.4 is 5.32 Å². The first kappa shape index (κ1) is 30.7. The van der Waals surface area contributed by atoms with Gasteiger partial charge in [0.15, 0.2) is 0 Å². The number of carbonyl (C=O) groups is 2. The van der Waals surface area contributed by atoms with Gasteiger partial charge in [0.25, 0.3) is 5.91 Å². The number of hydrogen-bond donors (Lipinski definition) is 1. The highest BCUT2D eigenvalue weighted by molar-refractivity contribution is 6.11. The maximum absolute atomic E-state index is 14.0. The Morgan fingerprint density at radius 2 is 1.91 bits per heavy atom. The largest absolute Gasteiger partial charge is 0.443 e. The van der Waals surface area contributed by atoms with E-state index in [-0.39, 0.29) is 12.6 Å². The number of imidazole rings is 1. The molecule has 1 atom stereocenters. The summed E-state index contributed by atoms with van der Waals surface area (Å²) < 4.78 is 26.9. The summed E-state index contributed by atoms with van der Waals surface area (Å²) in [6.45, 7) is 8.89. The second-order valence-corrected chi connectivity index (χ2v) is 12.9. The lowest BCUT2D eigenvalue weighted by atomic mass is 9.88. The van der Waals surface area contributed by atoms with Gasteiger partial charge in [-0.15, -0.1) is 0 Å². The molecule has 10 nitrogen and oxygen atoms in total. The van der Waals surface area contributed by atoms with Crippen molar-refractivity contribution in [2.45, 2.75) is 64.6 Å². The number of ether oxygens (including phenoxy) is 2. The third kappa shape index (κ3) is 6.02. The number of imide groups is 1. The molecule has 0 bridgehead atoms. The van der Waals surface area contributed by atoms with E-state index in [9.17, 15) is 14.0 Å². The van der Waals surface area contributed by atoms with E-state index in [4.69, 9.17) is 14.5 Å². The van der Waals surface area contributed by atoms with E-state index < -0.39 is 23.4 Å². The molecule has 1 fully saturated rings. The number of halogens is 1. The van der Waals surface area contributed by atoms with Crippen molar-refractivity contribution in [3.8, 4) is 11.3 Å². The summed E-state index contributed by atoms with van der Waals surface area (Å²) in [7, 11) is 4.06. The van der Waals surface area contributed by atoms with Gasteiger partial charge in [-0.3, -0.25) is 9.20 Å². The van der Waals surface area contributed by atoms with Crippen LogP contribution in [0.5, 0.6) is 0 Å². The minimum Gasteiger partial charge on any atom is -0.443 e. The van der Waals surface area contributed by atoms with Crippen LogP contribution in [0.1, 0.15) is 79.7 Å². The van der Waals surface area contributed by atoms with E-state index in [1.807, 2.05) is 32.3 Å². The molecule has 2 amide bonds. The lowest BCUT2D eigenvalue weighted by Crippen LogP contribution is -2.37. The average molecular weight is 615 g/mol. The van der Waals surface area contributed by atoms with Crippen LogP contribution in [0.25, 0.3) is 16.9 Å². The van der Waals surface area contributed by atoms with Crippen molar-refractivity contribution in [2.24, 2.45) is 0 Å². The van der Waals surface area contributed by atoms with E-state index in [1.165, 1.54) is 17.7 Å². The Balaban J connectivity index is 1.43. The van der Waals surface area contributed by atoms with Crippen molar-refractivity contribution in [1.82, 2.24) is 24.2 Å². The molecule has 3 aromatic heterocycles. The quantitative estimate of drug-likeness (QED) is 0.257. The Morgan fingerprint density at radius 3 is 2.62 bits per heavy atom. The molecular weight excluding hydrogens is 575 g/mol. The Kier molecular flexibility index (Phi) is 8.09. The van der Waals surface area contributed by atoms with Crippen molar-refractivity contribution in [1.29, 1.82) is 0 Å². The third-order valence-corrected chi connectivity index (χ3v) is 8.50. The molecule has 236 valence electrons. The summed E-state index contributed by atoms with van der Waals surface area (Å²) >= 11 is 0. The van der Waals surface area contributed by atoms with Crippen LogP contribution in [-0.2, 0) is 16.0 Å². The molecule has 45 heavy (non-hydrogen) atoms. The first-order valence-corrected chi connectivity index (χ1v) is 15.3. The van der Waals surface area contributed by atoms with Crippen LogP contribution in [0.15, 0.2) is 48.8 Å². The van der Waals surface area contributed by atoms with Gasteiger partial charge >= 0.3 is 6.09 Å². The number of rotatable bonds is 6. The predicted molar refractivity (Wildman–Crippen MR) is 169 cm³/mol. The van der Waals surface area contributed by atoms with Crippen LogP contribution in [0.2, 0.25) is 0 Å². The van der Waals surface area contributed by atoms with Crippen LogP contribution in [0.3, 0.4) is 0 Å². The number of fused-ring (bicyclic) bond motifs is 2. The summed E-state index contributed by atoms with van der Waals surface area (Å²) in [5, 5.41) is 3.40. The summed E-state index contributed by atoms with van der Waals surface area (Å²) in [6.07, 6.45) is 4.42. The van der Waals surface area contributed by atoms with Gasteiger partial charge in [0.1, 0.15) is 22.9 Å². The van der Waals surface area contributed by atoms with Gasteiger partial charge in [0.2, 0.25) is 0 Å². The van der Waals surface area contributed by atoms with Gasteiger partial charge in [0, 0.05) is 37.1 Å². The van der Waals surface area contributed by atoms with Crippen LogP contribution in [-0.4, -0.2) is 69.1 Å². The van der Waals surface area contributed by atoms with Crippen molar-refractivity contribution >= 4 is 29.2 Å². The smallest absolute Gasteiger partial charge is 0.417 e. The summed E-state index contributed by atoms with van der Waals surface area (Å²) in [4.78, 5) is 39.9. The van der Waals surface area contributed by atoms with Gasteiger partial charge in [-0.1, -0.05) is 12.1 Å². The molecule has 2 aliphatic rings. The number of nitrogens with zero attached hydrogens (tertiary/aromatic N) is 5. The zero-order chi connectivity index (χ0) is 32.0. The minimum atomic E-state index is -0.780. The van der Waals surface area contributed by atoms with Gasteiger partial charge in [-0.25, -0.2) is 24.1 Å². The molecule has 0 spiro atoms. The predicted octanol–water partition coefficient (Wildman–Crippen LogP) is 6.69. The third-order valence-electron chi connectivity index (χ3n) is 8.50. The topological polar surface area (TPSA) is 101 Å². The molecule has 0 saturated carbocycles. The van der Waals surface area contributed by atoms with E-state index >= 15 is 0 Å². The molecule has 5 heterocycles. The van der Waals surface area contributed by atoms with Crippen molar-refractivity contribution in [2.75, 3.05) is 32.6 Å². The maximum Gasteiger partial charge on any atom is 0.417 e. The van der Waals surface area contributed by atoms with Crippen molar-refractivity contribution < 1.29 is 23.5 Å². The monoisotopic (exact) mass is 614 g/mol. The number of pyridine rings is 2. The molecule has 1 saturated heterocycles.